The van der Waals surface area contributed by atoms with Crippen molar-refractivity contribution in [2.45, 2.75) is 39.2 Å². The zero-order chi connectivity index (χ0) is 10.6. The molecule has 0 saturated carbocycles. The van der Waals surface area contributed by atoms with Crippen LogP contribution in [0.2, 0.25) is 0 Å². The summed E-state index contributed by atoms with van der Waals surface area (Å²) in [5.74, 6) is -0.128. The first kappa shape index (κ1) is 11.2. The Balaban J connectivity index is 3.00. The highest BCUT2D eigenvalue weighted by molar-refractivity contribution is 5.31. The number of halogens is 1. The average molecular weight is 195 g/mol. The van der Waals surface area contributed by atoms with Crippen LogP contribution in [0.5, 0.6) is 0 Å². The Morgan fingerprint density at radius 2 is 2.07 bits per heavy atom. The van der Waals surface area contributed by atoms with Crippen LogP contribution in [0.3, 0.4) is 0 Å². The molecule has 2 heteroatoms. The monoisotopic (exact) mass is 195 g/mol. The maximum atomic E-state index is 13.4. The molecule has 0 aliphatic heterocycles. The molecule has 1 unspecified atom stereocenters. The van der Waals surface area contributed by atoms with Gasteiger partial charge >= 0.3 is 0 Å². The second-order valence-corrected chi connectivity index (χ2v) is 3.56. The number of benzene rings is 1. The van der Waals surface area contributed by atoms with Gasteiger partial charge in [0.15, 0.2) is 0 Å². The molecule has 0 amide bonds. The van der Waals surface area contributed by atoms with Crippen LogP contribution in [0.15, 0.2) is 18.2 Å². The summed E-state index contributed by atoms with van der Waals surface area (Å²) >= 11 is 0. The number of hydrogen-bond acceptors (Lipinski definition) is 1. The van der Waals surface area contributed by atoms with E-state index in [9.17, 15) is 4.39 Å². The molecule has 0 bridgehead atoms. The van der Waals surface area contributed by atoms with Gasteiger partial charge in [-0.3, -0.25) is 0 Å². The van der Waals surface area contributed by atoms with E-state index in [-0.39, 0.29) is 11.9 Å². The topological polar surface area (TPSA) is 26.0 Å². The van der Waals surface area contributed by atoms with Gasteiger partial charge in [-0.1, -0.05) is 32.4 Å². The Labute approximate surface area is 85.1 Å². The first-order valence-corrected chi connectivity index (χ1v) is 5.23. The van der Waals surface area contributed by atoms with Crippen LogP contribution in [-0.2, 0) is 6.42 Å². The van der Waals surface area contributed by atoms with Crippen LogP contribution in [0.1, 0.15) is 43.9 Å². The maximum Gasteiger partial charge on any atom is 0.126 e. The minimum absolute atomic E-state index is 0.0225. The van der Waals surface area contributed by atoms with Crippen molar-refractivity contribution in [3.8, 4) is 0 Å². The molecule has 1 nitrogen and oxygen atoms in total. The average Bonchev–Trinajstić information content (AvgIpc) is 2.17. The van der Waals surface area contributed by atoms with Gasteiger partial charge in [-0.15, -0.1) is 0 Å². The predicted molar refractivity (Wildman–Crippen MR) is 57.6 cm³/mol. The van der Waals surface area contributed by atoms with Crippen LogP contribution >= 0.6 is 0 Å². The number of hydrogen-bond donors (Lipinski definition) is 1. The molecule has 1 aromatic rings. The third-order valence-corrected chi connectivity index (χ3v) is 2.51. The zero-order valence-corrected chi connectivity index (χ0v) is 8.89. The first-order valence-electron chi connectivity index (χ1n) is 5.23. The summed E-state index contributed by atoms with van der Waals surface area (Å²) < 4.78 is 13.4. The van der Waals surface area contributed by atoms with Crippen molar-refractivity contribution in [1.82, 2.24) is 0 Å². The molecular formula is C12H18FN. The van der Waals surface area contributed by atoms with Gasteiger partial charge in [0.1, 0.15) is 5.82 Å². The normalized spacial score (nSPS) is 12.9. The smallest absolute Gasteiger partial charge is 0.126 e. The van der Waals surface area contributed by atoms with Crippen molar-refractivity contribution in [2.24, 2.45) is 5.73 Å². The molecule has 0 aliphatic rings. The van der Waals surface area contributed by atoms with E-state index < -0.39 is 0 Å². The summed E-state index contributed by atoms with van der Waals surface area (Å²) in [6, 6.07) is 5.15. The molecule has 0 fully saturated rings. The Kier molecular flexibility index (Phi) is 4.08. The van der Waals surface area contributed by atoms with Crippen LogP contribution < -0.4 is 5.73 Å². The molecule has 0 radical (unpaired) electrons. The molecule has 0 aliphatic carbocycles. The van der Waals surface area contributed by atoms with Gasteiger partial charge in [0.25, 0.3) is 0 Å². The second-order valence-electron chi connectivity index (χ2n) is 3.56. The van der Waals surface area contributed by atoms with Crippen molar-refractivity contribution >= 4 is 0 Å². The maximum absolute atomic E-state index is 13.4. The summed E-state index contributed by atoms with van der Waals surface area (Å²) in [6.07, 6.45) is 2.65. The number of rotatable bonds is 4. The van der Waals surface area contributed by atoms with Gasteiger partial charge in [-0.05, 0) is 30.0 Å². The largest absolute Gasteiger partial charge is 0.324 e. The van der Waals surface area contributed by atoms with E-state index in [1.165, 1.54) is 6.07 Å². The van der Waals surface area contributed by atoms with Gasteiger partial charge < -0.3 is 5.73 Å². The summed E-state index contributed by atoms with van der Waals surface area (Å²) in [5.41, 5.74) is 7.72. The fraction of sp³-hybridized carbons (Fsp3) is 0.500. The summed E-state index contributed by atoms with van der Waals surface area (Å²) in [4.78, 5) is 0. The van der Waals surface area contributed by atoms with E-state index in [2.05, 4.69) is 6.92 Å². The van der Waals surface area contributed by atoms with Crippen LogP contribution in [-0.4, -0.2) is 0 Å². The molecule has 1 aromatic carbocycles. The number of nitrogens with two attached hydrogens (primary N) is 1. The Morgan fingerprint density at radius 1 is 1.36 bits per heavy atom. The van der Waals surface area contributed by atoms with Crippen molar-refractivity contribution in [3.05, 3.63) is 35.1 Å². The molecule has 0 heterocycles. The summed E-state index contributed by atoms with van der Waals surface area (Å²) in [6.45, 7) is 4.05. The molecule has 0 aromatic heterocycles. The Morgan fingerprint density at radius 3 is 2.64 bits per heavy atom. The van der Waals surface area contributed by atoms with Gasteiger partial charge in [-0.2, -0.15) is 0 Å². The summed E-state index contributed by atoms with van der Waals surface area (Å²) in [5, 5.41) is 0. The van der Waals surface area contributed by atoms with Crippen molar-refractivity contribution in [3.63, 3.8) is 0 Å². The SMILES string of the molecule is CCCC(N)c1cccc(F)c1CC. The lowest BCUT2D eigenvalue weighted by Crippen LogP contribution is -2.13. The predicted octanol–water partition coefficient (Wildman–Crippen LogP) is 3.19. The quantitative estimate of drug-likeness (QED) is 0.784. The Hall–Kier alpha value is -0.890. The highest BCUT2D eigenvalue weighted by Gasteiger charge is 2.11. The van der Waals surface area contributed by atoms with Gasteiger partial charge in [0, 0.05) is 6.04 Å². The standard InChI is InChI=1S/C12H18FN/c1-3-6-12(14)10-7-5-8-11(13)9(10)4-2/h5,7-8,12H,3-4,6,14H2,1-2H3. The molecular weight excluding hydrogens is 177 g/mol. The highest BCUT2D eigenvalue weighted by Crippen LogP contribution is 2.22. The van der Waals surface area contributed by atoms with Crippen LogP contribution in [0.4, 0.5) is 4.39 Å². The molecule has 2 N–H and O–H groups in total. The lowest BCUT2D eigenvalue weighted by atomic mass is 9.96. The van der Waals surface area contributed by atoms with Gasteiger partial charge in [-0.25, -0.2) is 4.39 Å². The van der Waals surface area contributed by atoms with E-state index in [1.807, 2.05) is 13.0 Å². The molecule has 14 heavy (non-hydrogen) atoms. The fourth-order valence-electron chi connectivity index (χ4n) is 1.76. The van der Waals surface area contributed by atoms with Crippen molar-refractivity contribution in [2.75, 3.05) is 0 Å². The third-order valence-electron chi connectivity index (χ3n) is 2.51. The molecule has 0 spiro atoms. The minimum atomic E-state index is -0.128. The van der Waals surface area contributed by atoms with Crippen molar-refractivity contribution < 1.29 is 4.39 Å². The van der Waals surface area contributed by atoms with Gasteiger partial charge in [0.2, 0.25) is 0 Å². The van der Waals surface area contributed by atoms with E-state index in [0.29, 0.717) is 6.42 Å². The van der Waals surface area contributed by atoms with E-state index in [1.54, 1.807) is 6.07 Å². The van der Waals surface area contributed by atoms with Crippen LogP contribution in [0.25, 0.3) is 0 Å². The van der Waals surface area contributed by atoms with E-state index in [0.717, 1.165) is 24.0 Å². The van der Waals surface area contributed by atoms with Gasteiger partial charge in [0.05, 0.1) is 0 Å². The fourth-order valence-corrected chi connectivity index (χ4v) is 1.76. The van der Waals surface area contributed by atoms with E-state index >= 15 is 0 Å². The summed E-state index contributed by atoms with van der Waals surface area (Å²) in [7, 11) is 0. The molecule has 0 saturated heterocycles. The Bertz CT molecular complexity index is 296. The van der Waals surface area contributed by atoms with Crippen molar-refractivity contribution in [1.29, 1.82) is 0 Å². The minimum Gasteiger partial charge on any atom is -0.324 e. The highest BCUT2D eigenvalue weighted by atomic mass is 19.1. The third kappa shape index (κ3) is 2.32. The van der Waals surface area contributed by atoms with E-state index in [4.69, 9.17) is 5.73 Å². The lowest BCUT2D eigenvalue weighted by Gasteiger charge is -2.15. The molecule has 78 valence electrons. The first-order chi connectivity index (χ1) is 6.70. The second kappa shape index (κ2) is 5.11. The molecule has 1 atom stereocenters. The zero-order valence-electron chi connectivity index (χ0n) is 8.89. The molecule has 1 rings (SSSR count). The lowest BCUT2D eigenvalue weighted by molar-refractivity contribution is 0.587. The van der Waals surface area contributed by atoms with Crippen LogP contribution in [0, 0.1) is 5.82 Å².